The van der Waals surface area contributed by atoms with E-state index in [2.05, 4.69) is 53.5 Å². The third kappa shape index (κ3) is 7.83. The summed E-state index contributed by atoms with van der Waals surface area (Å²) in [6, 6.07) is 33.8. The van der Waals surface area contributed by atoms with Gasteiger partial charge in [0.1, 0.15) is 12.2 Å². The van der Waals surface area contributed by atoms with Crippen molar-refractivity contribution in [3.05, 3.63) is 136 Å². The molecule has 3 aliphatic rings. The number of aromatic nitrogens is 1. The largest absolute Gasteiger partial charge is 0.445 e. The normalized spacial score (nSPS) is 18.4. The van der Waals surface area contributed by atoms with Gasteiger partial charge in [-0.25, -0.2) is 9.59 Å². The molecule has 280 valence electrons. The van der Waals surface area contributed by atoms with Gasteiger partial charge in [-0.15, -0.1) is 0 Å². The fourth-order valence-corrected chi connectivity index (χ4v) is 7.95. The minimum absolute atomic E-state index is 0.0231. The Morgan fingerprint density at radius 3 is 2.02 bits per heavy atom. The Kier molecular flexibility index (Phi) is 9.86. The average molecular weight is 735 g/mol. The highest BCUT2D eigenvalue weighted by Gasteiger charge is 2.36. The summed E-state index contributed by atoms with van der Waals surface area (Å²) in [5.74, 6) is 0. The highest BCUT2D eigenvalue weighted by molar-refractivity contribution is 6.03. The number of H-pyrrole nitrogens is 1. The van der Waals surface area contributed by atoms with Crippen LogP contribution in [0, 0.1) is 0 Å². The van der Waals surface area contributed by atoms with E-state index in [9.17, 15) is 14.4 Å². The lowest BCUT2D eigenvalue weighted by molar-refractivity contribution is 0.0265. The van der Waals surface area contributed by atoms with Crippen molar-refractivity contribution in [1.82, 2.24) is 14.8 Å². The van der Waals surface area contributed by atoms with Gasteiger partial charge in [0.05, 0.1) is 17.6 Å². The molecule has 9 heteroatoms. The van der Waals surface area contributed by atoms with E-state index in [4.69, 9.17) is 14.5 Å². The van der Waals surface area contributed by atoms with Crippen molar-refractivity contribution >= 4 is 34.4 Å². The average Bonchev–Trinajstić information content (AvgIpc) is 3.99. The molecule has 0 saturated carbocycles. The van der Waals surface area contributed by atoms with Gasteiger partial charge in [0.2, 0.25) is 0 Å². The molecule has 2 amide bonds. The molecule has 3 aliphatic heterocycles. The zero-order chi connectivity index (χ0) is 38.1. The van der Waals surface area contributed by atoms with E-state index in [1.165, 1.54) is 0 Å². The first-order valence-electron chi connectivity index (χ1n) is 19.2. The first-order chi connectivity index (χ1) is 26.6. The molecular weight excluding hydrogens is 689 g/mol. The molecule has 8 rings (SSSR count). The second-order valence-electron chi connectivity index (χ2n) is 15.7. The number of rotatable bonds is 7. The number of hydrogen-bond acceptors (Lipinski definition) is 6. The van der Waals surface area contributed by atoms with E-state index in [0.717, 1.165) is 88.0 Å². The Bertz CT molecular complexity index is 2340. The van der Waals surface area contributed by atoms with Crippen LogP contribution in [0.25, 0.3) is 38.7 Å². The number of fused-ring (bicyclic) bond motifs is 1. The third-order valence-electron chi connectivity index (χ3n) is 10.7. The lowest BCUT2D eigenvalue weighted by Gasteiger charge is -2.28. The fraction of sp³-hybridized carbons (Fsp3) is 0.304. The molecule has 2 atom stereocenters. The van der Waals surface area contributed by atoms with Crippen LogP contribution in [0.1, 0.15) is 75.7 Å². The van der Waals surface area contributed by atoms with Gasteiger partial charge < -0.3 is 14.5 Å². The number of aromatic amines is 1. The van der Waals surface area contributed by atoms with E-state index in [0.29, 0.717) is 18.5 Å². The van der Waals surface area contributed by atoms with Crippen molar-refractivity contribution in [2.45, 2.75) is 77.2 Å². The van der Waals surface area contributed by atoms with Gasteiger partial charge in [0.15, 0.2) is 5.43 Å². The molecule has 2 saturated heterocycles. The van der Waals surface area contributed by atoms with E-state index in [1.54, 1.807) is 11.0 Å². The Hall–Kier alpha value is -5.96. The molecule has 0 aliphatic carbocycles. The molecular formula is C46H46N4O5. The molecule has 4 heterocycles. The SMILES string of the molecule is CC(C)(C)OC(=O)N1CCC[C@H]1C1=NC=C(c2ccc(-c3ccc(-c4ccc5c(=O)cc(C6CCCN6C(=O)OCc6ccccc6)[nH]c5c4)cc3)cc2)C1. The Morgan fingerprint density at radius 1 is 0.745 bits per heavy atom. The zero-order valence-electron chi connectivity index (χ0n) is 31.6. The van der Waals surface area contributed by atoms with Crippen LogP contribution in [0.5, 0.6) is 0 Å². The van der Waals surface area contributed by atoms with Crippen molar-refractivity contribution in [2.75, 3.05) is 13.1 Å². The standard InChI is InChI=1S/C46H46N4O5/c1-46(2,3)55-45(53)50-24-7-11-41(50)39-26-36(28-47-39)34-19-15-32(16-20-34)31-13-17-33(18-14-31)35-21-22-37-38(25-35)48-40(27-43(37)51)42-12-8-23-49(42)44(52)54-29-30-9-5-4-6-10-30/h4-6,9-10,13-22,25,27-28,41-42H,7-8,11-12,23-24,26,29H2,1-3H3,(H,48,51)/t41-,42?/m0/s1. The zero-order valence-corrected chi connectivity index (χ0v) is 31.6. The van der Waals surface area contributed by atoms with Crippen LogP contribution in [-0.2, 0) is 16.1 Å². The second kappa shape index (κ2) is 15.1. The van der Waals surface area contributed by atoms with Crippen molar-refractivity contribution in [2.24, 2.45) is 4.99 Å². The number of carbonyl (C=O) groups is 2. The lowest BCUT2D eigenvalue weighted by Crippen LogP contribution is -2.43. The van der Waals surface area contributed by atoms with Crippen LogP contribution >= 0.6 is 0 Å². The molecule has 2 fully saturated rings. The number of benzene rings is 4. The topological polar surface area (TPSA) is 104 Å². The third-order valence-corrected chi connectivity index (χ3v) is 10.7. The van der Waals surface area contributed by atoms with Gasteiger partial charge >= 0.3 is 12.2 Å². The minimum atomic E-state index is -0.530. The Balaban J connectivity index is 0.929. The number of ether oxygens (including phenoxy) is 2. The first kappa shape index (κ1) is 36.0. The number of pyridine rings is 1. The maximum atomic E-state index is 13.3. The maximum absolute atomic E-state index is 13.3. The van der Waals surface area contributed by atoms with Crippen LogP contribution < -0.4 is 5.43 Å². The number of nitrogens with zero attached hydrogens (tertiary/aromatic N) is 3. The van der Waals surface area contributed by atoms with Gasteiger partial charge in [-0.1, -0.05) is 84.9 Å². The summed E-state index contributed by atoms with van der Waals surface area (Å²) in [5, 5.41) is 0.610. The summed E-state index contributed by atoms with van der Waals surface area (Å²) in [6.07, 6.45) is 5.46. The molecule has 5 aromatic rings. The summed E-state index contributed by atoms with van der Waals surface area (Å²) in [4.78, 5) is 51.0. The smallest absolute Gasteiger partial charge is 0.410 e. The van der Waals surface area contributed by atoms with Gasteiger partial charge in [0.25, 0.3) is 0 Å². The highest BCUT2D eigenvalue weighted by atomic mass is 16.6. The predicted molar refractivity (Wildman–Crippen MR) is 217 cm³/mol. The summed E-state index contributed by atoms with van der Waals surface area (Å²) in [6.45, 7) is 7.16. The van der Waals surface area contributed by atoms with E-state index < -0.39 is 5.60 Å². The molecule has 1 unspecified atom stereocenters. The number of nitrogens with one attached hydrogen (secondary N) is 1. The quantitative estimate of drug-likeness (QED) is 0.179. The second-order valence-corrected chi connectivity index (χ2v) is 15.7. The lowest BCUT2D eigenvalue weighted by atomic mass is 9.95. The Morgan fingerprint density at radius 2 is 1.35 bits per heavy atom. The number of hydrogen-bond donors (Lipinski definition) is 1. The van der Waals surface area contributed by atoms with Gasteiger partial charge in [-0.05, 0) is 97.5 Å². The molecule has 0 radical (unpaired) electrons. The number of aliphatic imine (C=N–C) groups is 1. The molecule has 4 aromatic carbocycles. The van der Waals surface area contributed by atoms with Crippen molar-refractivity contribution in [3.8, 4) is 22.3 Å². The number of likely N-dealkylation sites (tertiary alicyclic amines) is 2. The van der Waals surface area contributed by atoms with Crippen LogP contribution in [0.15, 0.2) is 119 Å². The molecule has 1 aromatic heterocycles. The van der Waals surface area contributed by atoms with E-state index >= 15 is 0 Å². The molecule has 1 N–H and O–H groups in total. The number of amides is 2. The molecule has 55 heavy (non-hydrogen) atoms. The van der Waals surface area contributed by atoms with E-state index in [-0.39, 0.29) is 36.3 Å². The minimum Gasteiger partial charge on any atom is -0.445 e. The van der Waals surface area contributed by atoms with Crippen molar-refractivity contribution in [1.29, 1.82) is 0 Å². The first-order valence-corrected chi connectivity index (χ1v) is 19.2. The monoisotopic (exact) mass is 734 g/mol. The van der Waals surface area contributed by atoms with Gasteiger partial charge in [0, 0.05) is 48.6 Å². The van der Waals surface area contributed by atoms with Crippen LogP contribution in [-0.4, -0.2) is 57.4 Å². The Labute approximate surface area is 321 Å². The summed E-state index contributed by atoms with van der Waals surface area (Å²) >= 11 is 0. The fourth-order valence-electron chi connectivity index (χ4n) is 7.95. The number of allylic oxidation sites excluding steroid dienone is 1. The highest BCUT2D eigenvalue weighted by Crippen LogP contribution is 2.34. The maximum Gasteiger partial charge on any atom is 0.410 e. The van der Waals surface area contributed by atoms with Crippen LogP contribution in [0.2, 0.25) is 0 Å². The summed E-state index contributed by atoms with van der Waals surface area (Å²) in [7, 11) is 0. The van der Waals surface area contributed by atoms with Crippen molar-refractivity contribution in [3.63, 3.8) is 0 Å². The van der Waals surface area contributed by atoms with E-state index in [1.807, 2.05) is 80.4 Å². The summed E-state index contributed by atoms with van der Waals surface area (Å²) < 4.78 is 11.3. The van der Waals surface area contributed by atoms with Gasteiger partial charge in [-0.3, -0.25) is 19.6 Å². The van der Waals surface area contributed by atoms with Gasteiger partial charge in [-0.2, -0.15) is 0 Å². The van der Waals surface area contributed by atoms with Crippen molar-refractivity contribution < 1.29 is 19.1 Å². The molecule has 0 spiro atoms. The predicted octanol–water partition coefficient (Wildman–Crippen LogP) is 9.92. The number of carbonyl (C=O) groups excluding carboxylic acids is 2. The molecule has 9 nitrogen and oxygen atoms in total. The molecule has 0 bridgehead atoms. The van der Waals surface area contributed by atoms with Crippen LogP contribution in [0.3, 0.4) is 0 Å². The summed E-state index contributed by atoms with van der Waals surface area (Å²) in [5.41, 5.74) is 9.31. The van der Waals surface area contributed by atoms with Crippen LogP contribution in [0.4, 0.5) is 9.59 Å².